The highest BCUT2D eigenvalue weighted by atomic mass is 16.1. The minimum Gasteiger partial charge on any atom is -0.289 e. The van der Waals surface area contributed by atoms with Gasteiger partial charge >= 0.3 is 0 Å². The van der Waals surface area contributed by atoms with E-state index in [2.05, 4.69) is 31.2 Å². The van der Waals surface area contributed by atoms with E-state index < -0.39 is 0 Å². The van der Waals surface area contributed by atoms with Crippen molar-refractivity contribution in [2.45, 2.75) is 13.3 Å². The van der Waals surface area contributed by atoms with Gasteiger partial charge in [-0.25, -0.2) is 4.68 Å². The van der Waals surface area contributed by atoms with Gasteiger partial charge in [0.25, 0.3) is 0 Å². The SMILES string of the molecule is CCc1ccc(-c2nn(-c3ccccc3)cc2/C=C\C(=O)c2ccccc2)cc1. The van der Waals surface area contributed by atoms with Crippen molar-refractivity contribution >= 4 is 11.9 Å². The van der Waals surface area contributed by atoms with Gasteiger partial charge in [-0.2, -0.15) is 5.10 Å². The van der Waals surface area contributed by atoms with Crippen LogP contribution < -0.4 is 0 Å². The standard InChI is InChI=1S/C26H22N2O/c1-2-20-13-15-22(16-14-20)26-23(17-18-25(29)21-9-5-3-6-10-21)19-28(27-26)24-11-7-4-8-12-24/h3-19H,2H2,1H3/b18-17-. The fourth-order valence-electron chi connectivity index (χ4n) is 3.21. The van der Waals surface area contributed by atoms with Crippen molar-refractivity contribution in [3.63, 3.8) is 0 Å². The Bertz CT molecular complexity index is 1120. The molecule has 0 spiro atoms. The number of carbonyl (C=O) groups is 1. The van der Waals surface area contributed by atoms with Gasteiger partial charge < -0.3 is 0 Å². The molecule has 0 aliphatic carbocycles. The highest BCUT2D eigenvalue weighted by molar-refractivity contribution is 6.07. The van der Waals surface area contributed by atoms with Gasteiger partial charge in [-0.05, 0) is 36.3 Å². The lowest BCUT2D eigenvalue weighted by molar-refractivity contribution is 0.104. The molecule has 0 radical (unpaired) electrons. The molecule has 4 aromatic rings. The Hall–Kier alpha value is -3.72. The van der Waals surface area contributed by atoms with E-state index in [1.165, 1.54) is 5.56 Å². The first-order chi connectivity index (χ1) is 14.2. The van der Waals surface area contributed by atoms with E-state index in [9.17, 15) is 4.79 Å². The predicted octanol–water partition coefficient (Wildman–Crippen LogP) is 6.00. The lowest BCUT2D eigenvalue weighted by Gasteiger charge is -2.02. The van der Waals surface area contributed by atoms with Gasteiger partial charge in [0.2, 0.25) is 0 Å². The minimum atomic E-state index is -0.0228. The first kappa shape index (κ1) is 18.6. The van der Waals surface area contributed by atoms with Crippen LogP contribution in [0.5, 0.6) is 0 Å². The van der Waals surface area contributed by atoms with Crippen LogP contribution in [0.4, 0.5) is 0 Å². The smallest absolute Gasteiger partial charge is 0.185 e. The minimum absolute atomic E-state index is 0.0228. The molecule has 3 nitrogen and oxygen atoms in total. The van der Waals surface area contributed by atoms with E-state index >= 15 is 0 Å². The van der Waals surface area contributed by atoms with E-state index in [1.807, 2.05) is 77.6 Å². The second-order valence-corrected chi connectivity index (χ2v) is 6.83. The molecule has 0 saturated carbocycles. The summed E-state index contributed by atoms with van der Waals surface area (Å²) in [6.07, 6.45) is 6.43. The highest BCUT2D eigenvalue weighted by Gasteiger charge is 2.11. The fraction of sp³-hybridized carbons (Fsp3) is 0.0769. The molecule has 1 aromatic heterocycles. The van der Waals surface area contributed by atoms with Gasteiger partial charge in [-0.3, -0.25) is 4.79 Å². The number of benzene rings is 3. The van der Waals surface area contributed by atoms with E-state index in [4.69, 9.17) is 5.10 Å². The van der Waals surface area contributed by atoms with Gasteiger partial charge in [0, 0.05) is 22.9 Å². The molecule has 0 saturated heterocycles. The summed E-state index contributed by atoms with van der Waals surface area (Å²) in [5.74, 6) is -0.0228. The van der Waals surface area contributed by atoms with Crippen LogP contribution in [0, 0.1) is 0 Å². The molecule has 0 bridgehead atoms. The van der Waals surface area contributed by atoms with Crippen molar-refractivity contribution in [2.24, 2.45) is 0 Å². The van der Waals surface area contributed by atoms with Gasteiger partial charge in [0.1, 0.15) is 0 Å². The summed E-state index contributed by atoms with van der Waals surface area (Å²) in [5, 5.41) is 4.81. The van der Waals surface area contributed by atoms with E-state index in [1.54, 1.807) is 6.08 Å². The number of hydrogen-bond donors (Lipinski definition) is 0. The average molecular weight is 378 g/mol. The van der Waals surface area contributed by atoms with Crippen molar-refractivity contribution in [1.82, 2.24) is 9.78 Å². The van der Waals surface area contributed by atoms with Crippen LogP contribution in [0.2, 0.25) is 0 Å². The second kappa shape index (κ2) is 8.53. The zero-order chi connectivity index (χ0) is 20.1. The molecule has 4 rings (SSSR count). The molecule has 3 heteroatoms. The van der Waals surface area contributed by atoms with Crippen LogP contribution in [0.3, 0.4) is 0 Å². The molecule has 0 fully saturated rings. The molecule has 0 aliphatic rings. The van der Waals surface area contributed by atoms with E-state index in [0.29, 0.717) is 5.56 Å². The number of nitrogens with zero attached hydrogens (tertiary/aromatic N) is 2. The van der Waals surface area contributed by atoms with Gasteiger partial charge in [-0.1, -0.05) is 79.7 Å². The second-order valence-electron chi connectivity index (χ2n) is 6.83. The van der Waals surface area contributed by atoms with Crippen molar-refractivity contribution in [3.05, 3.63) is 114 Å². The highest BCUT2D eigenvalue weighted by Crippen LogP contribution is 2.25. The molecule has 3 aromatic carbocycles. The normalized spacial score (nSPS) is 11.1. The Balaban J connectivity index is 1.73. The molecule has 29 heavy (non-hydrogen) atoms. The Kier molecular flexibility index (Phi) is 5.48. The summed E-state index contributed by atoms with van der Waals surface area (Å²) < 4.78 is 1.86. The Morgan fingerprint density at radius 2 is 1.55 bits per heavy atom. The monoisotopic (exact) mass is 378 g/mol. The lowest BCUT2D eigenvalue weighted by Crippen LogP contribution is -1.94. The number of hydrogen-bond acceptors (Lipinski definition) is 2. The average Bonchev–Trinajstić information content (AvgIpc) is 3.23. The summed E-state index contributed by atoms with van der Waals surface area (Å²) in [7, 11) is 0. The van der Waals surface area contributed by atoms with Crippen LogP contribution in [0.25, 0.3) is 23.0 Å². The molecule has 0 unspecified atom stereocenters. The first-order valence-corrected chi connectivity index (χ1v) is 9.76. The molecule has 0 aliphatic heterocycles. The van der Waals surface area contributed by atoms with Crippen LogP contribution in [0.15, 0.2) is 97.2 Å². The summed E-state index contributed by atoms with van der Waals surface area (Å²) in [6.45, 7) is 2.14. The van der Waals surface area contributed by atoms with Crippen LogP contribution in [-0.2, 0) is 6.42 Å². The van der Waals surface area contributed by atoms with Gasteiger partial charge in [-0.15, -0.1) is 0 Å². The number of para-hydroxylation sites is 1. The van der Waals surface area contributed by atoms with Crippen molar-refractivity contribution in [1.29, 1.82) is 0 Å². The number of aryl methyl sites for hydroxylation is 1. The van der Waals surface area contributed by atoms with Crippen molar-refractivity contribution < 1.29 is 4.79 Å². The summed E-state index contributed by atoms with van der Waals surface area (Å²) in [6, 6.07) is 27.7. The fourth-order valence-corrected chi connectivity index (χ4v) is 3.21. The number of allylic oxidation sites excluding steroid dienone is 1. The molecule has 0 amide bonds. The maximum absolute atomic E-state index is 12.5. The maximum atomic E-state index is 12.5. The Morgan fingerprint density at radius 3 is 2.21 bits per heavy atom. The van der Waals surface area contributed by atoms with E-state index in [-0.39, 0.29) is 5.78 Å². The zero-order valence-electron chi connectivity index (χ0n) is 16.3. The van der Waals surface area contributed by atoms with Crippen molar-refractivity contribution in [3.8, 4) is 16.9 Å². The summed E-state index contributed by atoms with van der Waals surface area (Å²) in [5.41, 5.74) is 5.73. The van der Waals surface area contributed by atoms with Gasteiger partial charge in [0.05, 0.1) is 11.4 Å². The zero-order valence-corrected chi connectivity index (χ0v) is 16.3. The number of aromatic nitrogens is 2. The third-order valence-corrected chi connectivity index (χ3v) is 4.87. The van der Waals surface area contributed by atoms with E-state index in [0.717, 1.165) is 28.9 Å². The third kappa shape index (κ3) is 4.25. The molecular weight excluding hydrogens is 356 g/mol. The molecule has 1 heterocycles. The number of ketones is 1. The van der Waals surface area contributed by atoms with Crippen molar-refractivity contribution in [2.75, 3.05) is 0 Å². The molecular formula is C26H22N2O. The molecule has 0 atom stereocenters. The number of rotatable bonds is 6. The molecule has 142 valence electrons. The summed E-state index contributed by atoms with van der Waals surface area (Å²) >= 11 is 0. The first-order valence-electron chi connectivity index (χ1n) is 9.76. The largest absolute Gasteiger partial charge is 0.289 e. The quantitative estimate of drug-likeness (QED) is 0.305. The predicted molar refractivity (Wildman–Crippen MR) is 118 cm³/mol. The van der Waals surface area contributed by atoms with Crippen LogP contribution in [0.1, 0.15) is 28.4 Å². The van der Waals surface area contributed by atoms with Gasteiger partial charge in [0.15, 0.2) is 5.78 Å². The van der Waals surface area contributed by atoms with Crippen LogP contribution >= 0.6 is 0 Å². The Morgan fingerprint density at radius 1 is 0.897 bits per heavy atom. The molecule has 0 N–H and O–H groups in total. The maximum Gasteiger partial charge on any atom is 0.185 e. The summed E-state index contributed by atoms with van der Waals surface area (Å²) in [4.78, 5) is 12.5. The Labute approximate surface area is 171 Å². The topological polar surface area (TPSA) is 34.9 Å². The third-order valence-electron chi connectivity index (χ3n) is 4.87. The van der Waals surface area contributed by atoms with Crippen LogP contribution in [-0.4, -0.2) is 15.6 Å². The number of carbonyl (C=O) groups excluding carboxylic acids is 1. The lowest BCUT2D eigenvalue weighted by atomic mass is 10.0.